The highest BCUT2D eigenvalue weighted by molar-refractivity contribution is 5.20. The van der Waals surface area contributed by atoms with Gasteiger partial charge in [0.1, 0.15) is 0 Å². The second kappa shape index (κ2) is 4.67. The molecule has 2 fully saturated rings. The Balaban J connectivity index is 1.79. The van der Waals surface area contributed by atoms with Gasteiger partial charge in [0.05, 0.1) is 0 Å². The summed E-state index contributed by atoms with van der Waals surface area (Å²) in [6.07, 6.45) is 2.80. The second-order valence-electron chi connectivity index (χ2n) is 6.14. The number of fused-ring (bicyclic) bond motifs is 2. The van der Waals surface area contributed by atoms with Crippen LogP contribution < -0.4 is 0 Å². The fraction of sp³-hybridized carbons (Fsp3) is 0.625. The van der Waals surface area contributed by atoms with Gasteiger partial charge >= 0.3 is 0 Å². The van der Waals surface area contributed by atoms with Crippen molar-refractivity contribution < 1.29 is 0 Å². The van der Waals surface area contributed by atoms with E-state index in [0.29, 0.717) is 6.04 Å². The van der Waals surface area contributed by atoms with Crippen LogP contribution >= 0.6 is 0 Å². The van der Waals surface area contributed by atoms with Crippen LogP contribution in [-0.2, 0) is 0 Å². The standard InChI is InChI=1S/C16H24N2/c1-12(13-7-5-4-6-8-13)18-11-14-9-10-15(18)16(14)17(2)3/h4-8,12,14-16H,9-11H2,1-3H3/t12-,14?,15?,16?/m0/s1. The Labute approximate surface area is 111 Å². The number of hydrogen-bond donors (Lipinski definition) is 0. The van der Waals surface area contributed by atoms with E-state index in [4.69, 9.17) is 0 Å². The lowest BCUT2D eigenvalue weighted by molar-refractivity contribution is 0.143. The maximum absolute atomic E-state index is 2.73. The molecule has 0 amide bonds. The third-order valence-electron chi connectivity index (χ3n) is 4.96. The van der Waals surface area contributed by atoms with Crippen LogP contribution in [0.25, 0.3) is 0 Å². The van der Waals surface area contributed by atoms with Crippen molar-refractivity contribution in [2.75, 3.05) is 20.6 Å². The molecule has 2 aliphatic rings. The zero-order chi connectivity index (χ0) is 12.7. The van der Waals surface area contributed by atoms with Crippen LogP contribution in [0.15, 0.2) is 30.3 Å². The van der Waals surface area contributed by atoms with E-state index >= 15 is 0 Å². The van der Waals surface area contributed by atoms with Crippen LogP contribution in [0.3, 0.4) is 0 Å². The molecule has 3 unspecified atom stereocenters. The molecule has 1 aliphatic carbocycles. The summed E-state index contributed by atoms with van der Waals surface area (Å²) in [5, 5.41) is 0. The lowest BCUT2D eigenvalue weighted by Crippen LogP contribution is -2.41. The summed E-state index contributed by atoms with van der Waals surface area (Å²) in [6, 6.07) is 13.0. The molecule has 4 atom stereocenters. The van der Waals surface area contributed by atoms with E-state index in [1.165, 1.54) is 24.9 Å². The molecule has 0 spiro atoms. The number of likely N-dealkylation sites (tertiary alicyclic amines) is 1. The first kappa shape index (κ1) is 12.2. The molecule has 0 N–H and O–H groups in total. The summed E-state index contributed by atoms with van der Waals surface area (Å²) >= 11 is 0. The molecule has 1 saturated heterocycles. The fourth-order valence-electron chi connectivity index (χ4n) is 4.14. The Morgan fingerprint density at radius 2 is 1.89 bits per heavy atom. The molecule has 2 bridgehead atoms. The summed E-state index contributed by atoms with van der Waals surface area (Å²) in [4.78, 5) is 5.17. The minimum Gasteiger partial charge on any atom is -0.305 e. The van der Waals surface area contributed by atoms with E-state index in [0.717, 1.165) is 18.0 Å². The van der Waals surface area contributed by atoms with Crippen molar-refractivity contribution in [3.05, 3.63) is 35.9 Å². The fourth-order valence-corrected chi connectivity index (χ4v) is 4.14. The molecule has 98 valence electrons. The van der Waals surface area contributed by atoms with Crippen LogP contribution in [0.4, 0.5) is 0 Å². The second-order valence-corrected chi connectivity index (χ2v) is 6.14. The molecule has 0 aromatic heterocycles. The Morgan fingerprint density at radius 3 is 2.50 bits per heavy atom. The predicted molar refractivity (Wildman–Crippen MR) is 75.6 cm³/mol. The van der Waals surface area contributed by atoms with Crippen LogP contribution in [0.2, 0.25) is 0 Å². The average molecular weight is 244 g/mol. The number of piperidine rings is 1. The van der Waals surface area contributed by atoms with Gasteiger partial charge in [-0.1, -0.05) is 30.3 Å². The van der Waals surface area contributed by atoms with E-state index in [-0.39, 0.29) is 0 Å². The summed E-state index contributed by atoms with van der Waals surface area (Å²) < 4.78 is 0. The van der Waals surface area contributed by atoms with Crippen molar-refractivity contribution in [1.82, 2.24) is 9.80 Å². The van der Waals surface area contributed by atoms with E-state index in [9.17, 15) is 0 Å². The molecule has 1 aliphatic heterocycles. The minimum absolute atomic E-state index is 0.559. The molecular weight excluding hydrogens is 220 g/mol. The number of hydrogen-bond acceptors (Lipinski definition) is 2. The molecular formula is C16H24N2. The Hall–Kier alpha value is -0.860. The van der Waals surface area contributed by atoms with E-state index in [1.54, 1.807) is 0 Å². The van der Waals surface area contributed by atoms with Gasteiger partial charge in [-0.2, -0.15) is 0 Å². The molecule has 3 rings (SSSR count). The van der Waals surface area contributed by atoms with Gasteiger partial charge in [0.25, 0.3) is 0 Å². The van der Waals surface area contributed by atoms with E-state index in [2.05, 4.69) is 61.2 Å². The van der Waals surface area contributed by atoms with Crippen molar-refractivity contribution in [3.63, 3.8) is 0 Å². The summed E-state index contributed by atoms with van der Waals surface area (Å²) in [5.74, 6) is 0.885. The molecule has 18 heavy (non-hydrogen) atoms. The number of nitrogens with zero attached hydrogens (tertiary/aromatic N) is 2. The van der Waals surface area contributed by atoms with Gasteiger partial charge in [0, 0.05) is 24.7 Å². The van der Waals surface area contributed by atoms with Gasteiger partial charge in [-0.25, -0.2) is 0 Å². The van der Waals surface area contributed by atoms with Gasteiger partial charge in [-0.05, 0) is 45.3 Å². The quantitative estimate of drug-likeness (QED) is 0.806. The molecule has 2 heteroatoms. The van der Waals surface area contributed by atoms with Crippen molar-refractivity contribution in [1.29, 1.82) is 0 Å². The van der Waals surface area contributed by atoms with Gasteiger partial charge < -0.3 is 4.90 Å². The molecule has 2 nitrogen and oxygen atoms in total. The van der Waals surface area contributed by atoms with Gasteiger partial charge in [-0.15, -0.1) is 0 Å². The third kappa shape index (κ3) is 1.88. The molecule has 0 radical (unpaired) electrons. The monoisotopic (exact) mass is 244 g/mol. The third-order valence-corrected chi connectivity index (χ3v) is 4.96. The van der Waals surface area contributed by atoms with Gasteiger partial charge in [0.15, 0.2) is 0 Å². The number of likely N-dealkylation sites (N-methyl/N-ethyl adjacent to an activating group) is 1. The van der Waals surface area contributed by atoms with Crippen molar-refractivity contribution in [3.8, 4) is 0 Å². The van der Waals surface area contributed by atoms with Crippen molar-refractivity contribution >= 4 is 0 Å². The van der Waals surface area contributed by atoms with Gasteiger partial charge in [-0.3, -0.25) is 4.90 Å². The molecule has 1 saturated carbocycles. The van der Waals surface area contributed by atoms with Crippen LogP contribution in [0.1, 0.15) is 31.4 Å². The summed E-state index contributed by atoms with van der Waals surface area (Å²) in [6.45, 7) is 3.65. The lowest BCUT2D eigenvalue weighted by atomic mass is 10.0. The summed E-state index contributed by atoms with van der Waals surface area (Å²) in [5.41, 5.74) is 1.46. The van der Waals surface area contributed by atoms with Gasteiger partial charge in [0.2, 0.25) is 0 Å². The van der Waals surface area contributed by atoms with Crippen LogP contribution in [0, 0.1) is 5.92 Å². The SMILES string of the molecule is C[C@@H](c1ccccc1)N1CC2CCC1C2N(C)C. The van der Waals surface area contributed by atoms with Crippen molar-refractivity contribution in [2.45, 2.75) is 37.9 Å². The zero-order valence-electron chi connectivity index (χ0n) is 11.7. The highest BCUT2D eigenvalue weighted by Crippen LogP contribution is 2.43. The summed E-state index contributed by atoms with van der Waals surface area (Å²) in [7, 11) is 4.49. The smallest absolute Gasteiger partial charge is 0.0323 e. The normalized spacial score (nSPS) is 33.2. The van der Waals surface area contributed by atoms with Crippen LogP contribution in [0.5, 0.6) is 0 Å². The lowest BCUT2D eigenvalue weighted by Gasteiger charge is -2.34. The molecule has 1 aromatic rings. The van der Waals surface area contributed by atoms with Crippen LogP contribution in [-0.4, -0.2) is 42.5 Å². The molecule has 1 aromatic carbocycles. The first-order valence-corrected chi connectivity index (χ1v) is 7.15. The van der Waals surface area contributed by atoms with E-state index < -0.39 is 0 Å². The largest absolute Gasteiger partial charge is 0.305 e. The first-order valence-electron chi connectivity index (χ1n) is 7.15. The Bertz CT molecular complexity index is 401. The topological polar surface area (TPSA) is 6.48 Å². The average Bonchev–Trinajstić information content (AvgIpc) is 2.96. The van der Waals surface area contributed by atoms with E-state index in [1.807, 2.05) is 0 Å². The number of rotatable bonds is 3. The zero-order valence-corrected chi connectivity index (χ0v) is 11.7. The minimum atomic E-state index is 0.559. The predicted octanol–water partition coefficient (Wildman–Crippen LogP) is 2.77. The van der Waals surface area contributed by atoms with Crippen molar-refractivity contribution in [2.24, 2.45) is 5.92 Å². The Morgan fingerprint density at radius 1 is 1.17 bits per heavy atom. The highest BCUT2D eigenvalue weighted by atomic mass is 15.3. The number of benzene rings is 1. The maximum atomic E-state index is 2.73. The maximum Gasteiger partial charge on any atom is 0.0323 e. The Kier molecular flexibility index (Phi) is 3.16. The highest BCUT2D eigenvalue weighted by Gasteiger charge is 2.48. The first-order chi connectivity index (χ1) is 8.68. The molecule has 1 heterocycles.